The van der Waals surface area contributed by atoms with Crippen molar-refractivity contribution in [3.8, 4) is 0 Å². The highest BCUT2D eigenvalue weighted by molar-refractivity contribution is 6.31. The molecule has 1 aliphatic rings. The third-order valence-corrected chi connectivity index (χ3v) is 4.15. The molecule has 0 saturated carbocycles. The molecule has 0 radical (unpaired) electrons. The van der Waals surface area contributed by atoms with Crippen LogP contribution in [-0.2, 0) is 13.5 Å². The normalized spacial score (nSPS) is 14.1. The van der Waals surface area contributed by atoms with Gasteiger partial charge in [0.1, 0.15) is 0 Å². The summed E-state index contributed by atoms with van der Waals surface area (Å²) < 4.78 is 1.68. The molecule has 9 heteroatoms. The van der Waals surface area contributed by atoms with Gasteiger partial charge < -0.3 is 9.55 Å². The number of benzene rings is 1. The summed E-state index contributed by atoms with van der Waals surface area (Å²) in [7, 11) is 1.78. The predicted octanol–water partition coefficient (Wildman–Crippen LogP) is 3.49. The van der Waals surface area contributed by atoms with Crippen LogP contribution in [0, 0.1) is 0 Å². The number of carbonyl (C=O) groups is 1. The van der Waals surface area contributed by atoms with Gasteiger partial charge in [-0.15, -0.1) is 10.2 Å². The second-order valence-corrected chi connectivity index (χ2v) is 5.89. The number of aryl methyl sites for hydroxylation is 1. The van der Waals surface area contributed by atoms with Gasteiger partial charge in [0.2, 0.25) is 5.78 Å². The van der Waals surface area contributed by atoms with E-state index >= 15 is 0 Å². The second kappa shape index (κ2) is 5.64. The number of halogens is 1. The molecule has 2 aromatic heterocycles. The van der Waals surface area contributed by atoms with E-state index in [0.29, 0.717) is 23.0 Å². The number of ketones is 1. The number of nitrogens with zero attached hydrogens (tertiary/aromatic N) is 6. The van der Waals surface area contributed by atoms with Crippen molar-refractivity contribution < 1.29 is 4.79 Å². The highest BCUT2D eigenvalue weighted by Crippen LogP contribution is 2.29. The third-order valence-electron chi connectivity index (χ3n) is 3.92. The number of hydrogen-bond donors (Lipinski definition) is 1. The van der Waals surface area contributed by atoms with Gasteiger partial charge in [-0.1, -0.05) is 17.7 Å². The molecule has 0 saturated heterocycles. The maximum atomic E-state index is 12.9. The number of rotatable bonds is 4. The summed E-state index contributed by atoms with van der Waals surface area (Å²) in [5.74, 6) is 0.153. The first-order chi connectivity index (χ1) is 11.6. The van der Waals surface area contributed by atoms with Crippen LogP contribution < -0.4 is 0 Å². The first-order valence-electron chi connectivity index (χ1n) is 7.25. The van der Waals surface area contributed by atoms with E-state index in [0.717, 1.165) is 16.5 Å². The van der Waals surface area contributed by atoms with Gasteiger partial charge in [0, 0.05) is 41.8 Å². The lowest BCUT2D eigenvalue weighted by molar-refractivity contribution is 0.102. The molecule has 0 unspecified atom stereocenters. The minimum atomic E-state index is -0.424. The predicted molar refractivity (Wildman–Crippen MR) is 87.2 cm³/mol. The van der Waals surface area contributed by atoms with Crippen molar-refractivity contribution in [2.75, 3.05) is 0 Å². The van der Waals surface area contributed by atoms with Crippen molar-refractivity contribution in [1.82, 2.24) is 14.5 Å². The minimum absolute atomic E-state index is 0.198. The van der Waals surface area contributed by atoms with Gasteiger partial charge in [-0.05, 0) is 28.1 Å². The summed E-state index contributed by atoms with van der Waals surface area (Å²) in [5, 5.41) is 16.4. The zero-order chi connectivity index (χ0) is 16.7. The zero-order valence-electron chi connectivity index (χ0n) is 12.6. The van der Waals surface area contributed by atoms with Gasteiger partial charge in [0.25, 0.3) is 0 Å². The summed E-state index contributed by atoms with van der Waals surface area (Å²) in [6.45, 7) is 0. The van der Waals surface area contributed by atoms with Crippen LogP contribution in [0.2, 0.25) is 5.02 Å². The SMILES string of the molecule is Cn1ccnc1C(=O)c1[nH]c2cc(Cl)ccc2c1CC1N=NN=N1. The lowest BCUT2D eigenvalue weighted by atomic mass is 10.0. The Labute approximate surface area is 141 Å². The van der Waals surface area contributed by atoms with Crippen molar-refractivity contribution in [3.63, 3.8) is 0 Å². The second-order valence-electron chi connectivity index (χ2n) is 5.45. The maximum absolute atomic E-state index is 12.9. The molecule has 24 heavy (non-hydrogen) atoms. The Morgan fingerprint density at radius 2 is 2.12 bits per heavy atom. The molecule has 1 N–H and O–H groups in total. The Morgan fingerprint density at radius 1 is 1.33 bits per heavy atom. The molecule has 4 rings (SSSR count). The van der Waals surface area contributed by atoms with E-state index in [1.807, 2.05) is 6.07 Å². The average molecular weight is 342 g/mol. The third kappa shape index (κ3) is 2.41. The van der Waals surface area contributed by atoms with Crippen molar-refractivity contribution in [2.24, 2.45) is 27.7 Å². The van der Waals surface area contributed by atoms with Gasteiger partial charge in [-0.25, -0.2) is 4.98 Å². The summed E-state index contributed by atoms with van der Waals surface area (Å²) in [6, 6.07) is 5.45. The number of nitrogens with one attached hydrogen (secondary N) is 1. The fourth-order valence-corrected chi connectivity index (χ4v) is 2.95. The van der Waals surface area contributed by atoms with Gasteiger partial charge in [-0.3, -0.25) is 4.79 Å². The van der Waals surface area contributed by atoms with Crippen molar-refractivity contribution in [3.05, 3.63) is 52.7 Å². The molecule has 0 spiro atoms. The van der Waals surface area contributed by atoms with Gasteiger partial charge >= 0.3 is 0 Å². The van der Waals surface area contributed by atoms with E-state index in [4.69, 9.17) is 11.6 Å². The molecular weight excluding hydrogens is 330 g/mol. The Hall–Kier alpha value is -2.87. The molecule has 8 nitrogen and oxygen atoms in total. The molecule has 0 aliphatic carbocycles. The topological polar surface area (TPSA) is 100 Å². The molecule has 0 fully saturated rings. The molecule has 3 heterocycles. The van der Waals surface area contributed by atoms with E-state index in [-0.39, 0.29) is 5.78 Å². The van der Waals surface area contributed by atoms with E-state index in [2.05, 4.69) is 30.6 Å². The molecule has 0 amide bonds. The monoisotopic (exact) mass is 341 g/mol. The summed E-state index contributed by atoms with van der Waals surface area (Å²) >= 11 is 6.07. The molecule has 120 valence electrons. The summed E-state index contributed by atoms with van der Waals surface area (Å²) in [4.78, 5) is 20.2. The molecule has 3 aromatic rings. The van der Waals surface area contributed by atoms with E-state index in [1.165, 1.54) is 0 Å². The first kappa shape index (κ1) is 14.7. The molecule has 0 atom stereocenters. The number of hydrogen-bond acceptors (Lipinski definition) is 6. The standard InChI is InChI=1S/C15H12ClN7O/c1-23-5-4-17-15(23)14(24)13-10(7-12-19-21-22-20-12)9-3-2-8(16)6-11(9)18-13/h2-6,12,18H,7H2,1H3. The molecule has 1 aromatic carbocycles. The number of aromatic amines is 1. The van der Waals surface area contributed by atoms with Crippen LogP contribution in [0.3, 0.4) is 0 Å². The van der Waals surface area contributed by atoms with Gasteiger partial charge in [0.15, 0.2) is 12.0 Å². The number of imidazole rings is 1. The van der Waals surface area contributed by atoms with Crippen LogP contribution in [0.4, 0.5) is 0 Å². The minimum Gasteiger partial charge on any atom is -0.351 e. The van der Waals surface area contributed by atoms with Gasteiger partial charge in [0.05, 0.1) is 5.69 Å². The Bertz CT molecular complexity index is 989. The Kier molecular flexibility index (Phi) is 3.46. The van der Waals surface area contributed by atoms with Crippen LogP contribution in [0.5, 0.6) is 0 Å². The van der Waals surface area contributed by atoms with E-state index in [1.54, 1.807) is 36.1 Å². The highest BCUT2D eigenvalue weighted by Gasteiger charge is 2.24. The molecular formula is C15H12ClN7O. The van der Waals surface area contributed by atoms with Crippen molar-refractivity contribution >= 4 is 28.3 Å². The first-order valence-corrected chi connectivity index (χ1v) is 7.63. The van der Waals surface area contributed by atoms with Crippen LogP contribution in [0.25, 0.3) is 10.9 Å². The quantitative estimate of drug-likeness (QED) is 0.734. The number of H-pyrrole nitrogens is 1. The lowest BCUT2D eigenvalue weighted by Gasteiger charge is -2.05. The molecule has 1 aliphatic heterocycles. The van der Waals surface area contributed by atoms with E-state index < -0.39 is 6.17 Å². The Morgan fingerprint density at radius 3 is 2.83 bits per heavy atom. The van der Waals surface area contributed by atoms with E-state index in [9.17, 15) is 4.79 Å². The zero-order valence-corrected chi connectivity index (χ0v) is 13.4. The lowest BCUT2D eigenvalue weighted by Crippen LogP contribution is -2.13. The fourth-order valence-electron chi connectivity index (χ4n) is 2.78. The Balaban J connectivity index is 1.86. The number of fused-ring (bicyclic) bond motifs is 1. The number of carbonyl (C=O) groups excluding carboxylic acids is 1. The van der Waals surface area contributed by atoms with Crippen molar-refractivity contribution in [2.45, 2.75) is 12.6 Å². The van der Waals surface area contributed by atoms with Gasteiger partial charge in [-0.2, -0.15) is 0 Å². The highest BCUT2D eigenvalue weighted by atomic mass is 35.5. The van der Waals surface area contributed by atoms with Crippen molar-refractivity contribution in [1.29, 1.82) is 0 Å². The fraction of sp³-hybridized carbons (Fsp3) is 0.200. The van der Waals surface area contributed by atoms with Crippen LogP contribution in [0.1, 0.15) is 21.9 Å². The molecule has 0 bridgehead atoms. The average Bonchev–Trinajstić information content (AvgIpc) is 3.28. The number of aromatic nitrogens is 3. The van der Waals surface area contributed by atoms with Crippen LogP contribution in [-0.4, -0.2) is 26.5 Å². The van der Waals surface area contributed by atoms with Crippen LogP contribution in [0.15, 0.2) is 51.3 Å². The van der Waals surface area contributed by atoms with Crippen LogP contribution >= 0.6 is 11.6 Å². The summed E-state index contributed by atoms with van der Waals surface area (Å²) in [5.41, 5.74) is 2.04. The largest absolute Gasteiger partial charge is 0.351 e. The summed E-state index contributed by atoms with van der Waals surface area (Å²) in [6.07, 6.45) is 3.31. The smallest absolute Gasteiger partial charge is 0.244 e. The maximum Gasteiger partial charge on any atom is 0.244 e.